The fraction of sp³-hybridized carbons (Fsp3) is 0.515. The number of aromatic nitrogens is 3. The second kappa shape index (κ2) is 10.4. The van der Waals surface area contributed by atoms with Crippen molar-refractivity contribution in [2.24, 2.45) is 17.9 Å². The van der Waals surface area contributed by atoms with Gasteiger partial charge in [-0.25, -0.2) is 4.98 Å². The van der Waals surface area contributed by atoms with Crippen molar-refractivity contribution in [1.82, 2.24) is 14.5 Å². The van der Waals surface area contributed by atoms with Gasteiger partial charge < -0.3 is 23.5 Å². The topological polar surface area (TPSA) is 67.6 Å². The van der Waals surface area contributed by atoms with Crippen LogP contribution in [0, 0.1) is 10.8 Å². The predicted octanol–water partition coefficient (Wildman–Crippen LogP) is 6.33. The average Bonchev–Trinajstić information content (AvgIpc) is 3.20. The van der Waals surface area contributed by atoms with Crippen LogP contribution in [0.5, 0.6) is 5.88 Å². The van der Waals surface area contributed by atoms with E-state index in [9.17, 15) is 0 Å². The van der Waals surface area contributed by atoms with Crippen molar-refractivity contribution >= 4 is 21.8 Å². The molecule has 8 rings (SSSR count). The van der Waals surface area contributed by atoms with Crippen LogP contribution in [-0.4, -0.2) is 60.3 Å². The molecule has 210 valence electrons. The lowest BCUT2D eigenvalue weighted by molar-refractivity contribution is -0.263. The van der Waals surface area contributed by atoms with Gasteiger partial charge in [0.05, 0.1) is 24.8 Å². The van der Waals surface area contributed by atoms with E-state index in [0.29, 0.717) is 22.8 Å². The maximum atomic E-state index is 6.29. The lowest BCUT2D eigenvalue weighted by Gasteiger charge is -2.70. The number of benzene rings is 1. The highest BCUT2D eigenvalue weighted by Crippen LogP contribution is 2.73. The van der Waals surface area contributed by atoms with E-state index in [1.54, 1.807) is 7.11 Å². The largest absolute Gasteiger partial charge is 0.474 e. The maximum absolute atomic E-state index is 6.29. The van der Waals surface area contributed by atoms with Crippen molar-refractivity contribution in [2.75, 3.05) is 33.5 Å². The quantitative estimate of drug-likeness (QED) is 0.184. The summed E-state index contributed by atoms with van der Waals surface area (Å²) >= 11 is 0. The number of nitrogens with zero attached hydrogens (tertiary/aromatic N) is 3. The maximum Gasteiger partial charge on any atom is 0.213 e. The summed E-state index contributed by atoms with van der Waals surface area (Å²) in [6, 6.07) is 12.7. The lowest BCUT2D eigenvalue weighted by atomic mass is 9.35. The molecule has 0 atom stereocenters. The number of hydrogen-bond donors (Lipinski definition) is 0. The number of unbranched alkanes of at least 4 members (excludes halogenated alkanes) is 1. The third-order valence-electron chi connectivity index (χ3n) is 9.39. The molecule has 4 saturated carbocycles. The summed E-state index contributed by atoms with van der Waals surface area (Å²) in [5.74, 6) is 0.688. The minimum absolute atomic E-state index is 0.190. The van der Waals surface area contributed by atoms with Crippen LogP contribution in [0.15, 0.2) is 55.0 Å². The van der Waals surface area contributed by atoms with E-state index in [4.69, 9.17) is 18.9 Å². The summed E-state index contributed by atoms with van der Waals surface area (Å²) in [6.07, 6.45) is 14.1. The van der Waals surface area contributed by atoms with Crippen LogP contribution in [0.4, 0.5) is 0 Å². The SMILES string of the molecule is COCCCCOCC12CC(COC3CC(Oc4ccc(-c5ccc6c7cnccc7n(C)c6c5)cn4)C3)(C1)C2. The number of rotatable bonds is 13. The Labute approximate surface area is 235 Å². The smallest absolute Gasteiger partial charge is 0.213 e. The monoisotopic (exact) mass is 541 g/mol. The fourth-order valence-electron chi connectivity index (χ4n) is 7.35. The summed E-state index contributed by atoms with van der Waals surface area (Å²) < 4.78 is 25.7. The number of ether oxygens (including phenoxy) is 4. The van der Waals surface area contributed by atoms with Crippen LogP contribution >= 0.6 is 0 Å². The third-order valence-corrected chi connectivity index (χ3v) is 9.39. The van der Waals surface area contributed by atoms with Gasteiger partial charge in [0, 0.05) is 86.7 Å². The summed E-state index contributed by atoms with van der Waals surface area (Å²) in [7, 11) is 3.86. The highest BCUT2D eigenvalue weighted by atomic mass is 16.5. The van der Waals surface area contributed by atoms with Gasteiger partial charge in [0.1, 0.15) is 6.10 Å². The first-order valence-corrected chi connectivity index (χ1v) is 14.7. The second-order valence-electron chi connectivity index (χ2n) is 12.5. The minimum Gasteiger partial charge on any atom is -0.474 e. The molecule has 0 unspecified atom stereocenters. The number of hydrogen-bond acceptors (Lipinski definition) is 6. The fourth-order valence-corrected chi connectivity index (χ4v) is 7.35. The van der Waals surface area contributed by atoms with Gasteiger partial charge >= 0.3 is 0 Å². The highest BCUT2D eigenvalue weighted by molar-refractivity contribution is 6.08. The summed E-state index contributed by atoms with van der Waals surface area (Å²) in [4.78, 5) is 8.92. The summed E-state index contributed by atoms with van der Waals surface area (Å²) in [5, 5.41) is 2.40. The Kier molecular flexibility index (Phi) is 6.77. The van der Waals surface area contributed by atoms with Crippen molar-refractivity contribution in [2.45, 2.75) is 57.2 Å². The molecule has 1 aromatic carbocycles. The molecule has 3 heterocycles. The van der Waals surface area contributed by atoms with Gasteiger partial charge in [0.15, 0.2) is 0 Å². The first-order chi connectivity index (χ1) is 19.6. The molecule has 0 saturated heterocycles. The molecule has 4 aromatic rings. The zero-order chi connectivity index (χ0) is 27.2. The van der Waals surface area contributed by atoms with Crippen LogP contribution in [0.3, 0.4) is 0 Å². The van der Waals surface area contributed by atoms with Crippen molar-refractivity contribution in [3.8, 4) is 17.0 Å². The van der Waals surface area contributed by atoms with E-state index in [2.05, 4.69) is 51.9 Å². The summed E-state index contributed by atoms with van der Waals surface area (Å²) in [6.45, 7) is 3.49. The van der Waals surface area contributed by atoms with E-state index in [-0.39, 0.29) is 6.10 Å². The van der Waals surface area contributed by atoms with E-state index >= 15 is 0 Å². The standard InChI is InChI=1S/C33H39N3O4/c1-36-29-9-10-34-17-28(29)27-7-5-23(13-30(27)36)24-6-8-31(35-16-24)40-26-14-25(15-26)39-22-33-18-32(19-33,20-33)21-38-12-4-3-11-37-2/h5-10,13,16-17,25-26H,3-4,11-12,14-15,18-22H2,1-2H3. The Balaban J connectivity index is 0.849. The molecule has 7 nitrogen and oxygen atoms in total. The molecule has 4 fully saturated rings. The summed E-state index contributed by atoms with van der Waals surface area (Å²) in [5.41, 5.74) is 5.49. The predicted molar refractivity (Wildman–Crippen MR) is 155 cm³/mol. The van der Waals surface area contributed by atoms with Gasteiger partial charge in [0.2, 0.25) is 5.88 Å². The third kappa shape index (κ3) is 4.78. The number of pyridine rings is 2. The molecule has 0 amide bonds. The normalized spacial score (nSPS) is 26.9. The van der Waals surface area contributed by atoms with Crippen LogP contribution in [0.25, 0.3) is 32.9 Å². The molecule has 4 aliphatic rings. The number of aryl methyl sites for hydroxylation is 1. The number of methoxy groups -OCH3 is 1. The Hall–Kier alpha value is -3.00. The molecule has 4 aliphatic carbocycles. The van der Waals surface area contributed by atoms with Crippen molar-refractivity contribution in [1.29, 1.82) is 0 Å². The van der Waals surface area contributed by atoms with Gasteiger partial charge in [-0.05, 0) is 66.7 Å². The first kappa shape index (κ1) is 25.9. The Bertz CT molecular complexity index is 1470. The van der Waals surface area contributed by atoms with Crippen molar-refractivity contribution in [3.63, 3.8) is 0 Å². The molecular formula is C33H39N3O4. The molecule has 3 aromatic heterocycles. The molecule has 2 bridgehead atoms. The number of fused-ring (bicyclic) bond motifs is 3. The van der Waals surface area contributed by atoms with Crippen LogP contribution < -0.4 is 4.74 Å². The van der Waals surface area contributed by atoms with E-state index in [1.165, 1.54) is 41.1 Å². The molecule has 0 N–H and O–H groups in total. The molecule has 0 aliphatic heterocycles. The average molecular weight is 542 g/mol. The first-order valence-electron chi connectivity index (χ1n) is 14.7. The zero-order valence-electron chi connectivity index (χ0n) is 23.6. The minimum atomic E-state index is 0.190. The van der Waals surface area contributed by atoms with Crippen molar-refractivity contribution in [3.05, 3.63) is 55.0 Å². The van der Waals surface area contributed by atoms with Crippen LogP contribution in [-0.2, 0) is 21.3 Å². The highest BCUT2D eigenvalue weighted by Gasteiger charge is 2.67. The Morgan fingerprint density at radius 1 is 0.850 bits per heavy atom. The lowest BCUT2D eigenvalue weighted by Crippen LogP contribution is -2.66. The van der Waals surface area contributed by atoms with Gasteiger partial charge in [0.25, 0.3) is 0 Å². The Morgan fingerprint density at radius 3 is 2.45 bits per heavy atom. The van der Waals surface area contributed by atoms with E-state index < -0.39 is 0 Å². The molecule has 0 radical (unpaired) electrons. The van der Waals surface area contributed by atoms with Gasteiger partial charge in [-0.1, -0.05) is 12.1 Å². The Morgan fingerprint density at radius 2 is 1.65 bits per heavy atom. The van der Waals surface area contributed by atoms with Gasteiger partial charge in [-0.15, -0.1) is 0 Å². The second-order valence-corrected chi connectivity index (χ2v) is 12.5. The molecular weight excluding hydrogens is 502 g/mol. The molecule has 7 heteroatoms. The zero-order valence-corrected chi connectivity index (χ0v) is 23.6. The molecule has 40 heavy (non-hydrogen) atoms. The van der Waals surface area contributed by atoms with Gasteiger partial charge in [-0.3, -0.25) is 4.98 Å². The molecule has 0 spiro atoms. The van der Waals surface area contributed by atoms with Gasteiger partial charge in [-0.2, -0.15) is 0 Å². The van der Waals surface area contributed by atoms with Crippen LogP contribution in [0.2, 0.25) is 0 Å². The van der Waals surface area contributed by atoms with E-state index in [0.717, 1.165) is 63.2 Å². The van der Waals surface area contributed by atoms with Crippen molar-refractivity contribution < 1.29 is 18.9 Å². The van der Waals surface area contributed by atoms with E-state index in [1.807, 2.05) is 24.7 Å². The van der Waals surface area contributed by atoms with Crippen LogP contribution in [0.1, 0.15) is 44.9 Å².